The van der Waals surface area contributed by atoms with Gasteiger partial charge in [-0.15, -0.1) is 11.3 Å². The van der Waals surface area contributed by atoms with E-state index in [9.17, 15) is 8.42 Å². The van der Waals surface area contributed by atoms with E-state index in [2.05, 4.69) is 0 Å². The van der Waals surface area contributed by atoms with Gasteiger partial charge in [-0.05, 0) is 11.1 Å². The van der Waals surface area contributed by atoms with Crippen LogP contribution in [-0.2, 0) is 9.84 Å². The van der Waals surface area contributed by atoms with Gasteiger partial charge in [0.05, 0.1) is 0 Å². The number of sulfone groups is 1. The summed E-state index contributed by atoms with van der Waals surface area (Å²) < 4.78 is 25.3. The molecule has 0 aliphatic carbocycles. The normalized spacial score (nSPS) is 15.4. The molecule has 0 saturated carbocycles. The van der Waals surface area contributed by atoms with Gasteiger partial charge in [-0.2, -0.15) is 0 Å². The predicted octanol–water partition coefficient (Wildman–Crippen LogP) is 4.59. The monoisotopic (exact) mass is 324 g/mol. The molecule has 0 N–H and O–H groups in total. The Labute approximate surface area is 133 Å². The number of hydrogen-bond acceptors (Lipinski definition) is 3. The first-order valence-electron chi connectivity index (χ1n) is 6.86. The maximum atomic E-state index is 12.4. The van der Waals surface area contributed by atoms with Crippen molar-refractivity contribution in [3.63, 3.8) is 0 Å². The van der Waals surface area contributed by atoms with E-state index in [4.69, 9.17) is 0 Å². The van der Waals surface area contributed by atoms with Gasteiger partial charge in [0.1, 0.15) is 4.21 Å². The minimum absolute atomic E-state index is 0.449. The zero-order valence-electron chi connectivity index (χ0n) is 11.6. The summed E-state index contributed by atoms with van der Waals surface area (Å²) in [7, 11) is -3.33. The summed E-state index contributed by atoms with van der Waals surface area (Å²) in [4.78, 5) is 0. The second-order valence-electron chi connectivity index (χ2n) is 5.12. The molecule has 2 aromatic carbocycles. The third-order valence-corrected chi connectivity index (χ3v) is 6.75. The van der Waals surface area contributed by atoms with E-state index in [-0.39, 0.29) is 0 Å². The van der Waals surface area contributed by atoms with E-state index in [1.165, 1.54) is 16.7 Å². The van der Waals surface area contributed by atoms with Crippen LogP contribution in [0.3, 0.4) is 0 Å². The van der Waals surface area contributed by atoms with E-state index in [1.54, 1.807) is 0 Å². The summed E-state index contributed by atoms with van der Waals surface area (Å²) in [5, 5.41) is 3.34. The highest BCUT2D eigenvalue weighted by molar-refractivity contribution is 7.96. The van der Waals surface area contributed by atoms with E-state index in [1.807, 2.05) is 66.0 Å². The molecule has 108 valence electrons. The summed E-state index contributed by atoms with van der Waals surface area (Å²) in [5.41, 5.74) is 4.58. The lowest BCUT2D eigenvalue weighted by molar-refractivity contribution is 0.607. The molecule has 0 unspecified atom stereocenters. The molecule has 0 atom stereocenters. The largest absolute Gasteiger partial charge is 0.218 e. The minimum atomic E-state index is -3.33. The number of thiophene rings is 1. The highest BCUT2D eigenvalue weighted by Gasteiger charge is 2.32. The van der Waals surface area contributed by atoms with Crippen LogP contribution in [0.15, 0.2) is 75.7 Å². The number of rotatable bonds is 2. The highest BCUT2D eigenvalue weighted by Crippen LogP contribution is 2.46. The molecule has 0 fully saturated rings. The lowest BCUT2D eigenvalue weighted by Gasteiger charge is -2.06. The lowest BCUT2D eigenvalue weighted by atomic mass is 9.95. The van der Waals surface area contributed by atoms with Crippen molar-refractivity contribution in [2.24, 2.45) is 0 Å². The Morgan fingerprint density at radius 1 is 0.773 bits per heavy atom. The van der Waals surface area contributed by atoms with E-state index < -0.39 is 9.84 Å². The molecule has 4 heteroatoms. The fourth-order valence-corrected chi connectivity index (χ4v) is 5.55. The quantitative estimate of drug-likeness (QED) is 0.691. The van der Waals surface area contributed by atoms with E-state index in [0.29, 0.717) is 4.21 Å². The topological polar surface area (TPSA) is 34.1 Å². The van der Waals surface area contributed by atoms with Gasteiger partial charge in [-0.3, -0.25) is 0 Å². The van der Waals surface area contributed by atoms with Crippen molar-refractivity contribution in [2.45, 2.75) is 4.21 Å². The van der Waals surface area contributed by atoms with Crippen molar-refractivity contribution in [1.29, 1.82) is 0 Å². The van der Waals surface area contributed by atoms with Crippen molar-refractivity contribution < 1.29 is 8.42 Å². The van der Waals surface area contributed by atoms with Crippen LogP contribution >= 0.6 is 11.3 Å². The lowest BCUT2D eigenvalue weighted by Crippen LogP contribution is -1.88. The van der Waals surface area contributed by atoms with Crippen LogP contribution in [0, 0.1) is 0 Å². The van der Waals surface area contributed by atoms with Gasteiger partial charge in [0.25, 0.3) is 0 Å². The Bertz CT molecular complexity index is 966. The summed E-state index contributed by atoms with van der Waals surface area (Å²) in [6.07, 6.45) is 0. The molecule has 4 rings (SSSR count). The smallest absolute Gasteiger partial charge is 0.210 e. The van der Waals surface area contributed by atoms with Gasteiger partial charge in [-0.1, -0.05) is 60.7 Å². The summed E-state index contributed by atoms with van der Waals surface area (Å²) in [5.74, 6) is 0. The zero-order chi connectivity index (χ0) is 15.2. The zero-order valence-corrected chi connectivity index (χ0v) is 13.2. The molecule has 1 aliphatic rings. The molecule has 0 amide bonds. The van der Waals surface area contributed by atoms with Crippen molar-refractivity contribution in [2.75, 3.05) is 0 Å². The van der Waals surface area contributed by atoms with Crippen LogP contribution in [0.1, 0.15) is 11.1 Å². The summed E-state index contributed by atoms with van der Waals surface area (Å²) in [6, 6.07) is 19.6. The van der Waals surface area contributed by atoms with Gasteiger partial charge in [-0.25, -0.2) is 8.42 Å². The molecule has 1 aliphatic heterocycles. The summed E-state index contributed by atoms with van der Waals surface area (Å²) >= 11 is 1.30. The maximum Gasteiger partial charge on any atom is 0.210 e. The van der Waals surface area contributed by atoms with Gasteiger partial charge in [0.15, 0.2) is 0 Å². The first-order valence-corrected chi connectivity index (χ1v) is 9.29. The molecule has 0 spiro atoms. The molecule has 22 heavy (non-hydrogen) atoms. The van der Waals surface area contributed by atoms with Crippen molar-refractivity contribution in [3.8, 4) is 11.1 Å². The minimum Gasteiger partial charge on any atom is -0.218 e. The van der Waals surface area contributed by atoms with Gasteiger partial charge in [0.2, 0.25) is 9.84 Å². The molecule has 2 heterocycles. The molecule has 0 saturated heterocycles. The molecular formula is C18H12O2S2. The molecule has 0 radical (unpaired) electrons. The van der Waals surface area contributed by atoms with Crippen molar-refractivity contribution in [1.82, 2.24) is 0 Å². The Morgan fingerprint density at radius 3 is 2.00 bits per heavy atom. The Morgan fingerprint density at radius 2 is 1.36 bits per heavy atom. The van der Waals surface area contributed by atoms with Crippen molar-refractivity contribution in [3.05, 3.63) is 82.6 Å². The van der Waals surface area contributed by atoms with Gasteiger partial charge in [0, 0.05) is 27.5 Å². The SMILES string of the molecule is O=S1(=O)C=C(c2ccccc2)c2c(-c3ccccc3)csc21. The Hall–Kier alpha value is -2.17. The highest BCUT2D eigenvalue weighted by atomic mass is 32.2. The average Bonchev–Trinajstić information content (AvgIpc) is 3.09. The van der Waals surface area contributed by atoms with E-state index in [0.717, 1.165) is 27.8 Å². The fraction of sp³-hybridized carbons (Fsp3) is 0. The maximum absolute atomic E-state index is 12.4. The standard InChI is InChI=1S/C18H12O2S2/c19-22(20)12-16(14-9-5-2-6-10-14)17-15(11-21-18(17)22)13-7-3-1-4-8-13/h1-12H. The number of fused-ring (bicyclic) bond motifs is 1. The summed E-state index contributed by atoms with van der Waals surface area (Å²) in [6.45, 7) is 0. The average molecular weight is 324 g/mol. The molecule has 2 nitrogen and oxygen atoms in total. The predicted molar refractivity (Wildman–Crippen MR) is 90.5 cm³/mol. The third kappa shape index (κ3) is 2.03. The first-order chi connectivity index (χ1) is 10.7. The van der Waals surface area contributed by atoms with Crippen LogP contribution < -0.4 is 0 Å². The molecule has 3 aromatic rings. The Balaban J connectivity index is 1.99. The van der Waals surface area contributed by atoms with Crippen LogP contribution in [0.5, 0.6) is 0 Å². The second kappa shape index (κ2) is 4.93. The van der Waals surface area contributed by atoms with Crippen molar-refractivity contribution >= 4 is 26.7 Å². The fourth-order valence-electron chi connectivity index (χ4n) is 2.73. The third-order valence-electron chi connectivity index (χ3n) is 3.73. The second-order valence-corrected chi connectivity index (χ2v) is 7.99. The molecular weight excluding hydrogens is 312 g/mol. The van der Waals surface area contributed by atoms with Crippen LogP contribution in [0.4, 0.5) is 0 Å². The van der Waals surface area contributed by atoms with E-state index >= 15 is 0 Å². The first kappa shape index (κ1) is 13.5. The number of benzene rings is 2. The molecule has 1 aromatic heterocycles. The van der Waals surface area contributed by atoms with Gasteiger partial charge >= 0.3 is 0 Å². The van der Waals surface area contributed by atoms with Crippen LogP contribution in [-0.4, -0.2) is 8.42 Å². The van der Waals surface area contributed by atoms with Crippen LogP contribution in [0.25, 0.3) is 16.7 Å². The van der Waals surface area contributed by atoms with Crippen LogP contribution in [0.2, 0.25) is 0 Å². The van der Waals surface area contributed by atoms with Gasteiger partial charge < -0.3 is 0 Å². The Kier molecular flexibility index (Phi) is 3.03. The molecule has 0 bridgehead atoms. The number of hydrogen-bond donors (Lipinski definition) is 0.